The van der Waals surface area contributed by atoms with Gasteiger partial charge in [0.15, 0.2) is 27.9 Å². The summed E-state index contributed by atoms with van der Waals surface area (Å²) in [5.74, 6) is 0.00446. The standard InChI is InChI=1S/C10H14BrN5O13P3.Na/c11-10-15-4-7(12)13-2-14-8(4)16(10)9-6(18)5(17)3(27-9)1-26-31(22,23)29-32(24,25)28-30(19,20)21;/h2-3,5-6,9,18H,1H2,(H,22,23)(H,24,25)(H2,12,13,14)(H2,19,20,21);/q-1;+1/t3-,5-,6-,9-;/m1./s1. The maximum atomic E-state index is 12.4. The molecule has 18 nitrogen and oxygen atoms in total. The van der Waals surface area contributed by atoms with Gasteiger partial charge in [-0.05, 0) is 15.9 Å². The first kappa shape index (κ1) is 29.4. The SMILES string of the molecule is Nc1ncnc2c1nc(Br)n2[C@@H]1O[C@H](COP(=O)(O)OP(=O)(O)OP(=O)(O)O)[C@@H]([O-])[C@H]1O.[Na+]. The van der Waals surface area contributed by atoms with E-state index in [0.29, 0.717) is 0 Å². The molecule has 7 N–H and O–H groups in total. The Bertz CT molecular complexity index is 1160. The van der Waals surface area contributed by atoms with Gasteiger partial charge >= 0.3 is 53.0 Å². The number of rotatable bonds is 8. The van der Waals surface area contributed by atoms with Crippen molar-refractivity contribution < 1.29 is 90.9 Å². The Hall–Kier alpha value is 0.120. The number of aliphatic hydroxyl groups excluding tert-OH is 1. The van der Waals surface area contributed by atoms with Crippen LogP contribution in [0.3, 0.4) is 0 Å². The molecule has 0 spiro atoms. The van der Waals surface area contributed by atoms with Crippen LogP contribution < -0.4 is 40.4 Å². The molecule has 0 aromatic carbocycles. The number of nitrogen functional groups attached to an aromatic ring is 1. The summed E-state index contributed by atoms with van der Waals surface area (Å²) in [6.07, 6.45) is -5.58. The van der Waals surface area contributed by atoms with Gasteiger partial charge in [0, 0.05) is 0 Å². The van der Waals surface area contributed by atoms with E-state index in [9.17, 15) is 28.8 Å². The molecule has 0 radical (unpaired) electrons. The van der Waals surface area contributed by atoms with Crippen LogP contribution in [0, 0.1) is 0 Å². The van der Waals surface area contributed by atoms with Crippen molar-refractivity contribution in [2.24, 2.45) is 0 Å². The summed E-state index contributed by atoms with van der Waals surface area (Å²) in [5, 5.41) is 22.7. The Kier molecular flexibility index (Phi) is 9.45. The molecule has 0 amide bonds. The van der Waals surface area contributed by atoms with Crippen LogP contribution in [-0.4, -0.2) is 69.1 Å². The molecule has 1 fully saturated rings. The van der Waals surface area contributed by atoms with Crippen LogP contribution in [0.2, 0.25) is 0 Å². The minimum Gasteiger partial charge on any atom is -0.848 e. The average Bonchev–Trinajstić information content (AvgIpc) is 3.08. The number of fused-ring (bicyclic) bond motifs is 1. The van der Waals surface area contributed by atoms with E-state index < -0.39 is 54.6 Å². The summed E-state index contributed by atoms with van der Waals surface area (Å²) < 4.78 is 51.9. The molecule has 1 saturated heterocycles. The van der Waals surface area contributed by atoms with E-state index in [1.54, 1.807) is 0 Å². The maximum absolute atomic E-state index is 12.4. The molecule has 3 heterocycles. The van der Waals surface area contributed by atoms with Crippen molar-refractivity contribution in [1.82, 2.24) is 19.5 Å². The summed E-state index contributed by atoms with van der Waals surface area (Å²) in [6, 6.07) is 0. The monoisotopic (exact) mass is 607 g/mol. The minimum absolute atomic E-state index is 0. The van der Waals surface area contributed by atoms with Crippen molar-refractivity contribution in [3.63, 3.8) is 0 Å². The third kappa shape index (κ3) is 7.09. The smallest absolute Gasteiger partial charge is 0.848 e. The molecule has 6 atom stereocenters. The van der Waals surface area contributed by atoms with E-state index in [1.165, 1.54) is 4.57 Å². The third-order valence-corrected chi connectivity index (χ3v) is 8.21. The van der Waals surface area contributed by atoms with E-state index in [1.807, 2.05) is 0 Å². The van der Waals surface area contributed by atoms with Crippen LogP contribution in [0.25, 0.3) is 11.2 Å². The number of hydrogen-bond acceptors (Lipinski definition) is 13. The molecule has 2 unspecified atom stereocenters. The maximum Gasteiger partial charge on any atom is 1.00 e. The fourth-order valence-corrected chi connectivity index (χ4v) is 6.24. The predicted molar refractivity (Wildman–Crippen MR) is 101 cm³/mol. The summed E-state index contributed by atoms with van der Waals surface area (Å²) in [4.78, 5) is 47.4. The van der Waals surface area contributed by atoms with Crippen molar-refractivity contribution in [1.29, 1.82) is 0 Å². The molecular formula is C10H14BrN5NaO13P3. The van der Waals surface area contributed by atoms with Crippen molar-refractivity contribution in [3.8, 4) is 0 Å². The van der Waals surface area contributed by atoms with Gasteiger partial charge < -0.3 is 40.3 Å². The largest absolute Gasteiger partial charge is 1.00 e. The van der Waals surface area contributed by atoms with E-state index in [4.69, 9.17) is 25.2 Å². The zero-order valence-electron chi connectivity index (χ0n) is 16.2. The second kappa shape index (κ2) is 10.6. The van der Waals surface area contributed by atoms with Gasteiger partial charge in [0.1, 0.15) is 6.33 Å². The molecule has 1 aliphatic heterocycles. The number of phosphoric ester groups is 1. The number of halogens is 1. The van der Waals surface area contributed by atoms with Crippen molar-refractivity contribution in [2.75, 3.05) is 12.3 Å². The second-order valence-electron chi connectivity index (χ2n) is 6.09. The van der Waals surface area contributed by atoms with Crippen LogP contribution in [0.1, 0.15) is 6.23 Å². The first-order valence-electron chi connectivity index (χ1n) is 8.02. The Morgan fingerprint density at radius 2 is 1.82 bits per heavy atom. The van der Waals surface area contributed by atoms with E-state index in [0.717, 1.165) is 6.33 Å². The van der Waals surface area contributed by atoms with E-state index in [2.05, 4.69) is 44.0 Å². The number of aromatic nitrogens is 4. The zero-order chi connectivity index (χ0) is 24.1. The van der Waals surface area contributed by atoms with E-state index in [-0.39, 0.29) is 51.3 Å². The molecule has 180 valence electrons. The Morgan fingerprint density at radius 3 is 2.42 bits per heavy atom. The number of nitrogens with zero attached hydrogens (tertiary/aromatic N) is 4. The minimum atomic E-state index is -5.73. The van der Waals surface area contributed by atoms with Crippen molar-refractivity contribution >= 4 is 56.4 Å². The molecule has 23 heteroatoms. The molecule has 33 heavy (non-hydrogen) atoms. The fourth-order valence-electron chi connectivity index (χ4n) is 2.66. The summed E-state index contributed by atoms with van der Waals surface area (Å²) >= 11 is 3.11. The van der Waals surface area contributed by atoms with Gasteiger partial charge in [-0.25, -0.2) is 28.6 Å². The number of anilines is 1. The number of phosphoric acid groups is 3. The van der Waals surface area contributed by atoms with Gasteiger partial charge in [-0.3, -0.25) is 9.09 Å². The fraction of sp³-hybridized carbons (Fsp3) is 0.500. The molecular weight excluding hydrogens is 594 g/mol. The summed E-state index contributed by atoms with van der Waals surface area (Å²) in [5.41, 5.74) is 5.93. The van der Waals surface area contributed by atoms with Crippen molar-refractivity contribution in [2.45, 2.75) is 24.5 Å². The predicted octanol–water partition coefficient (Wildman–Crippen LogP) is -4.49. The Labute approximate surface area is 213 Å². The number of nitrogens with two attached hydrogens (primary N) is 1. The van der Waals surface area contributed by atoms with Gasteiger partial charge in [0.25, 0.3) is 0 Å². The van der Waals surface area contributed by atoms with Gasteiger partial charge in [-0.1, -0.05) is 6.10 Å². The van der Waals surface area contributed by atoms with Crippen molar-refractivity contribution in [3.05, 3.63) is 11.1 Å². The van der Waals surface area contributed by atoms with Crippen LogP contribution in [0.15, 0.2) is 11.1 Å². The summed E-state index contributed by atoms with van der Waals surface area (Å²) in [7, 11) is -16.8. The van der Waals surface area contributed by atoms with Gasteiger partial charge in [0.2, 0.25) is 0 Å². The van der Waals surface area contributed by atoms with Gasteiger partial charge in [0.05, 0.1) is 18.8 Å². The first-order chi connectivity index (χ1) is 14.6. The normalized spacial score (nSPS) is 27.1. The van der Waals surface area contributed by atoms with Crippen LogP contribution in [0.5, 0.6) is 0 Å². The van der Waals surface area contributed by atoms with E-state index >= 15 is 0 Å². The molecule has 0 aliphatic carbocycles. The molecule has 3 rings (SSSR count). The Balaban J connectivity index is 0.00000385. The third-order valence-electron chi connectivity index (χ3n) is 3.84. The molecule has 2 aromatic heterocycles. The number of hydrogen-bond donors (Lipinski definition) is 6. The number of aliphatic hydroxyl groups is 1. The average molecular weight is 608 g/mol. The summed E-state index contributed by atoms with van der Waals surface area (Å²) in [6.45, 7) is -1.03. The quantitative estimate of drug-likeness (QED) is 0.0936. The van der Waals surface area contributed by atoms with Gasteiger partial charge in [-0.2, -0.15) is 8.62 Å². The number of ether oxygens (including phenoxy) is 1. The Morgan fingerprint density at radius 1 is 1.18 bits per heavy atom. The molecule has 1 aliphatic rings. The first-order valence-corrected chi connectivity index (χ1v) is 13.3. The molecule has 0 bridgehead atoms. The van der Waals surface area contributed by atoms with Crippen LogP contribution in [0.4, 0.5) is 5.82 Å². The molecule has 2 aromatic rings. The van der Waals surface area contributed by atoms with Crippen LogP contribution >= 0.6 is 39.4 Å². The molecule has 0 saturated carbocycles. The van der Waals surface area contributed by atoms with Crippen LogP contribution in [-0.2, 0) is 31.6 Å². The second-order valence-corrected chi connectivity index (χ2v) is 11.2. The zero-order valence-corrected chi connectivity index (χ0v) is 22.5. The number of imidazole rings is 1. The topological polar surface area (TPSA) is 282 Å². The van der Waals surface area contributed by atoms with Gasteiger partial charge in [-0.15, -0.1) is 0 Å².